The molecule has 0 unspecified atom stereocenters. The number of nitrogens with one attached hydrogen (secondary N) is 2. The SMILES string of the molecule is Cc1cccn2c(NC(=O)c3cccc(S(=O)(=O)NC(C)C)c3)c(-c3ccccc3)nc12. The number of anilines is 1. The summed E-state index contributed by atoms with van der Waals surface area (Å²) in [7, 11) is -3.72. The van der Waals surface area contributed by atoms with Gasteiger partial charge >= 0.3 is 0 Å². The molecule has 0 fully saturated rings. The van der Waals surface area contributed by atoms with Crippen LogP contribution in [0.3, 0.4) is 0 Å². The number of nitrogens with zero attached hydrogens (tertiary/aromatic N) is 2. The van der Waals surface area contributed by atoms with Gasteiger partial charge in [-0.3, -0.25) is 9.20 Å². The van der Waals surface area contributed by atoms with Gasteiger partial charge in [0.25, 0.3) is 5.91 Å². The van der Waals surface area contributed by atoms with E-state index in [4.69, 9.17) is 4.98 Å². The van der Waals surface area contributed by atoms with Crippen molar-refractivity contribution in [3.63, 3.8) is 0 Å². The van der Waals surface area contributed by atoms with Gasteiger partial charge in [-0.15, -0.1) is 0 Å². The Balaban J connectivity index is 1.75. The molecule has 32 heavy (non-hydrogen) atoms. The number of fused-ring (bicyclic) bond motifs is 1. The number of imidazole rings is 1. The topological polar surface area (TPSA) is 92.6 Å². The van der Waals surface area contributed by atoms with Gasteiger partial charge in [-0.25, -0.2) is 18.1 Å². The fraction of sp³-hybridized carbons (Fsp3) is 0.167. The smallest absolute Gasteiger partial charge is 0.256 e. The van der Waals surface area contributed by atoms with Crippen LogP contribution in [0.2, 0.25) is 0 Å². The molecule has 2 aromatic carbocycles. The number of hydrogen-bond donors (Lipinski definition) is 2. The monoisotopic (exact) mass is 448 g/mol. The minimum absolute atomic E-state index is 0.0381. The lowest BCUT2D eigenvalue weighted by atomic mass is 10.1. The Labute approximate surface area is 187 Å². The van der Waals surface area contributed by atoms with Crippen molar-refractivity contribution in [1.29, 1.82) is 0 Å². The van der Waals surface area contributed by atoms with Gasteiger partial charge in [-0.05, 0) is 50.6 Å². The summed E-state index contributed by atoms with van der Waals surface area (Å²) < 4.78 is 29.4. The summed E-state index contributed by atoms with van der Waals surface area (Å²) in [5, 5.41) is 2.94. The van der Waals surface area contributed by atoms with Gasteiger partial charge < -0.3 is 5.32 Å². The summed E-state index contributed by atoms with van der Waals surface area (Å²) in [6.07, 6.45) is 1.84. The van der Waals surface area contributed by atoms with E-state index in [-0.39, 0.29) is 16.5 Å². The highest BCUT2D eigenvalue weighted by Gasteiger charge is 2.20. The Morgan fingerprint density at radius 1 is 1.00 bits per heavy atom. The molecule has 4 aromatic rings. The predicted molar refractivity (Wildman–Crippen MR) is 125 cm³/mol. The minimum atomic E-state index is -3.72. The molecule has 0 aliphatic carbocycles. The molecule has 0 saturated heterocycles. The van der Waals surface area contributed by atoms with E-state index in [0.717, 1.165) is 16.8 Å². The van der Waals surface area contributed by atoms with E-state index in [1.54, 1.807) is 26.0 Å². The standard InChI is InChI=1S/C24H24N4O3S/c1-16(2)27-32(30,31)20-13-7-12-19(15-20)24(29)26-23-21(18-10-5-4-6-11-18)25-22-17(3)9-8-14-28(22)23/h4-16,27H,1-3H3,(H,26,29). The predicted octanol–water partition coefficient (Wildman–Crippen LogP) is 4.25. The van der Waals surface area contributed by atoms with Crippen molar-refractivity contribution in [3.05, 3.63) is 84.1 Å². The van der Waals surface area contributed by atoms with Gasteiger partial charge in [0.15, 0.2) is 0 Å². The summed E-state index contributed by atoms with van der Waals surface area (Å²) in [5.41, 5.74) is 3.44. The molecule has 0 radical (unpaired) electrons. The number of hydrogen-bond acceptors (Lipinski definition) is 4. The van der Waals surface area contributed by atoms with Crippen LogP contribution >= 0.6 is 0 Å². The van der Waals surface area contributed by atoms with E-state index in [1.807, 2.05) is 60.0 Å². The molecule has 2 heterocycles. The molecular weight excluding hydrogens is 424 g/mol. The lowest BCUT2D eigenvalue weighted by Gasteiger charge is -2.11. The number of aryl methyl sites for hydroxylation is 1. The highest BCUT2D eigenvalue weighted by atomic mass is 32.2. The summed E-state index contributed by atoms with van der Waals surface area (Å²) in [4.78, 5) is 18.0. The second-order valence-corrected chi connectivity index (χ2v) is 9.53. The molecule has 1 amide bonds. The van der Waals surface area contributed by atoms with Crippen LogP contribution < -0.4 is 10.0 Å². The Bertz CT molecular complexity index is 1390. The lowest BCUT2D eigenvalue weighted by Crippen LogP contribution is -2.30. The molecule has 0 saturated carbocycles. The summed E-state index contributed by atoms with van der Waals surface area (Å²) in [6.45, 7) is 5.44. The van der Waals surface area contributed by atoms with Crippen LogP contribution in [0, 0.1) is 6.92 Å². The normalized spacial score (nSPS) is 11.8. The van der Waals surface area contributed by atoms with Gasteiger partial charge in [0, 0.05) is 23.4 Å². The van der Waals surface area contributed by atoms with Gasteiger partial charge in [-0.2, -0.15) is 0 Å². The first kappa shape index (κ1) is 21.7. The highest BCUT2D eigenvalue weighted by molar-refractivity contribution is 7.89. The number of benzene rings is 2. The minimum Gasteiger partial charge on any atom is -0.306 e. The van der Waals surface area contributed by atoms with Crippen LogP contribution in [0.15, 0.2) is 77.8 Å². The summed E-state index contributed by atoms with van der Waals surface area (Å²) in [5.74, 6) is 0.0977. The molecule has 0 bridgehead atoms. The maximum Gasteiger partial charge on any atom is 0.256 e. The van der Waals surface area contributed by atoms with E-state index in [2.05, 4.69) is 10.0 Å². The van der Waals surface area contributed by atoms with Gasteiger partial charge in [0.2, 0.25) is 10.0 Å². The number of carbonyl (C=O) groups is 1. The Morgan fingerprint density at radius 2 is 1.75 bits per heavy atom. The van der Waals surface area contributed by atoms with Crippen LogP contribution in [0.5, 0.6) is 0 Å². The van der Waals surface area contributed by atoms with Gasteiger partial charge in [0.05, 0.1) is 4.90 Å². The zero-order chi connectivity index (χ0) is 22.9. The van der Waals surface area contributed by atoms with Crippen molar-refractivity contribution < 1.29 is 13.2 Å². The Morgan fingerprint density at radius 3 is 2.47 bits per heavy atom. The molecule has 0 aliphatic heterocycles. The molecule has 0 atom stereocenters. The molecule has 164 valence electrons. The van der Waals surface area contributed by atoms with Gasteiger partial charge in [0.1, 0.15) is 17.2 Å². The third-order valence-electron chi connectivity index (χ3n) is 4.92. The molecule has 2 N–H and O–H groups in total. The number of sulfonamides is 1. The fourth-order valence-corrected chi connectivity index (χ4v) is 4.78. The van der Waals surface area contributed by atoms with Crippen molar-refractivity contribution in [1.82, 2.24) is 14.1 Å². The first-order valence-electron chi connectivity index (χ1n) is 10.2. The second-order valence-electron chi connectivity index (χ2n) is 7.82. The average Bonchev–Trinajstić information content (AvgIpc) is 3.13. The van der Waals surface area contributed by atoms with Crippen LogP contribution in [-0.2, 0) is 10.0 Å². The zero-order valence-electron chi connectivity index (χ0n) is 18.0. The van der Waals surface area contributed by atoms with Crippen molar-refractivity contribution in [2.45, 2.75) is 31.7 Å². The van der Waals surface area contributed by atoms with Crippen LogP contribution in [0.1, 0.15) is 29.8 Å². The largest absolute Gasteiger partial charge is 0.306 e. The van der Waals surface area contributed by atoms with E-state index in [1.165, 1.54) is 12.1 Å². The van der Waals surface area contributed by atoms with Crippen LogP contribution in [0.4, 0.5) is 5.82 Å². The van der Waals surface area contributed by atoms with E-state index < -0.39 is 15.9 Å². The zero-order valence-corrected chi connectivity index (χ0v) is 18.8. The number of aromatic nitrogens is 2. The number of rotatable bonds is 6. The molecule has 2 aromatic heterocycles. The Hall–Kier alpha value is -3.49. The third-order valence-corrected chi connectivity index (χ3v) is 6.58. The quantitative estimate of drug-likeness (QED) is 0.461. The van der Waals surface area contributed by atoms with Crippen molar-refractivity contribution in [3.8, 4) is 11.3 Å². The third kappa shape index (κ3) is 4.28. The maximum absolute atomic E-state index is 13.2. The summed E-state index contributed by atoms with van der Waals surface area (Å²) in [6, 6.07) is 19.2. The molecule has 4 rings (SSSR count). The highest BCUT2D eigenvalue weighted by Crippen LogP contribution is 2.30. The fourth-order valence-electron chi connectivity index (χ4n) is 3.48. The number of amides is 1. The number of carbonyl (C=O) groups excluding carboxylic acids is 1. The summed E-state index contributed by atoms with van der Waals surface area (Å²) >= 11 is 0. The maximum atomic E-state index is 13.2. The van der Waals surface area contributed by atoms with Crippen molar-refractivity contribution in [2.24, 2.45) is 0 Å². The van der Waals surface area contributed by atoms with E-state index in [0.29, 0.717) is 11.5 Å². The molecule has 0 spiro atoms. The molecule has 0 aliphatic rings. The second kappa shape index (κ2) is 8.57. The molecule has 8 heteroatoms. The van der Waals surface area contributed by atoms with Crippen molar-refractivity contribution >= 4 is 27.4 Å². The lowest BCUT2D eigenvalue weighted by molar-refractivity contribution is 0.102. The van der Waals surface area contributed by atoms with E-state index >= 15 is 0 Å². The first-order chi connectivity index (χ1) is 15.3. The Kier molecular flexibility index (Phi) is 5.82. The first-order valence-corrected chi connectivity index (χ1v) is 11.7. The number of pyridine rings is 1. The molecule has 7 nitrogen and oxygen atoms in total. The van der Waals surface area contributed by atoms with Gasteiger partial charge in [-0.1, -0.05) is 42.5 Å². The average molecular weight is 449 g/mol. The van der Waals surface area contributed by atoms with E-state index in [9.17, 15) is 13.2 Å². The van der Waals surface area contributed by atoms with Crippen LogP contribution in [-0.4, -0.2) is 29.8 Å². The van der Waals surface area contributed by atoms with Crippen molar-refractivity contribution in [2.75, 3.05) is 5.32 Å². The van der Waals surface area contributed by atoms with Crippen LogP contribution in [0.25, 0.3) is 16.9 Å². The molecular formula is C24H24N4O3S.